The second-order valence-electron chi connectivity index (χ2n) is 7.84. The Hall–Kier alpha value is -3.97. The van der Waals surface area contributed by atoms with E-state index < -0.39 is 5.91 Å². The number of carbonyl (C=O) groups is 1. The van der Waals surface area contributed by atoms with Gasteiger partial charge in [-0.3, -0.25) is 9.78 Å². The highest BCUT2D eigenvalue weighted by Gasteiger charge is 2.18. The fourth-order valence-electron chi connectivity index (χ4n) is 3.58. The van der Waals surface area contributed by atoms with Gasteiger partial charge in [-0.1, -0.05) is 18.2 Å². The first-order chi connectivity index (χ1) is 15.9. The molecule has 7 nitrogen and oxygen atoms in total. The summed E-state index contributed by atoms with van der Waals surface area (Å²) in [6.07, 6.45) is 1.58. The number of ether oxygens (including phenoxy) is 1. The van der Waals surface area contributed by atoms with Gasteiger partial charge in [0, 0.05) is 17.1 Å². The highest BCUT2D eigenvalue weighted by atomic mass is 16.5. The number of carbonyl (C=O) groups excluding carboxylic acids is 1. The lowest BCUT2D eigenvalue weighted by Gasteiger charge is -2.12. The van der Waals surface area contributed by atoms with E-state index in [1.807, 2.05) is 50.2 Å². The third-order valence-electron chi connectivity index (χ3n) is 5.30. The van der Waals surface area contributed by atoms with E-state index in [0.717, 1.165) is 11.1 Å². The molecule has 0 fully saturated rings. The lowest BCUT2D eigenvalue weighted by Crippen LogP contribution is -2.22. The molecule has 2 aromatic carbocycles. The van der Waals surface area contributed by atoms with Crippen LogP contribution < -0.4 is 15.6 Å². The van der Waals surface area contributed by atoms with Crippen molar-refractivity contribution in [1.29, 1.82) is 0 Å². The Morgan fingerprint density at radius 1 is 1.12 bits per heavy atom. The quantitative estimate of drug-likeness (QED) is 0.464. The van der Waals surface area contributed by atoms with Gasteiger partial charge in [0.15, 0.2) is 5.58 Å². The van der Waals surface area contributed by atoms with Crippen LogP contribution in [0, 0.1) is 20.8 Å². The van der Waals surface area contributed by atoms with Gasteiger partial charge in [0.25, 0.3) is 5.91 Å². The van der Waals surface area contributed by atoms with Crippen LogP contribution in [0.15, 0.2) is 64.1 Å². The Kier molecular flexibility index (Phi) is 6.24. The van der Waals surface area contributed by atoms with Crippen molar-refractivity contribution in [2.75, 3.05) is 12.4 Å². The second kappa shape index (κ2) is 9.26. The molecule has 1 amide bonds. The lowest BCUT2D eigenvalue weighted by molar-refractivity contribution is 0.102. The van der Waals surface area contributed by atoms with E-state index in [2.05, 4.69) is 15.3 Å². The molecular formula is C26H25N3O4. The lowest BCUT2D eigenvalue weighted by atomic mass is 10.1. The first-order valence-corrected chi connectivity index (χ1v) is 10.5. The van der Waals surface area contributed by atoms with Crippen LogP contribution in [-0.2, 0) is 6.61 Å². The third kappa shape index (κ3) is 4.63. The summed E-state index contributed by atoms with van der Waals surface area (Å²) >= 11 is 0. The predicted octanol–water partition coefficient (Wildman–Crippen LogP) is 4.74. The molecule has 168 valence electrons. The Morgan fingerprint density at radius 2 is 1.91 bits per heavy atom. The third-order valence-corrected chi connectivity index (χ3v) is 5.30. The van der Waals surface area contributed by atoms with Crippen LogP contribution in [0.3, 0.4) is 0 Å². The fraction of sp³-hybridized carbons (Fsp3) is 0.192. The maximum atomic E-state index is 13.4. The van der Waals surface area contributed by atoms with Crippen molar-refractivity contribution < 1.29 is 19.1 Å². The molecule has 4 aromatic rings. The summed E-state index contributed by atoms with van der Waals surface area (Å²) in [6.45, 7) is 5.47. The molecule has 0 saturated carbocycles. The topological polar surface area (TPSA) is 97.0 Å². The van der Waals surface area contributed by atoms with Crippen molar-refractivity contribution >= 4 is 28.3 Å². The molecule has 33 heavy (non-hydrogen) atoms. The summed E-state index contributed by atoms with van der Waals surface area (Å²) in [4.78, 5) is 22.4. The zero-order chi connectivity index (χ0) is 23.5. The Morgan fingerprint density at radius 3 is 2.64 bits per heavy atom. The van der Waals surface area contributed by atoms with E-state index >= 15 is 0 Å². The maximum Gasteiger partial charge on any atom is 0.261 e. The smallest absolute Gasteiger partial charge is 0.261 e. The van der Waals surface area contributed by atoms with Crippen LogP contribution in [0.1, 0.15) is 32.7 Å². The van der Waals surface area contributed by atoms with Crippen LogP contribution in [0.4, 0.5) is 11.4 Å². The van der Waals surface area contributed by atoms with Crippen LogP contribution in [0.5, 0.6) is 5.75 Å². The molecule has 0 saturated heterocycles. The van der Waals surface area contributed by atoms with Gasteiger partial charge in [-0.15, -0.1) is 0 Å². The van der Waals surface area contributed by atoms with Crippen LogP contribution in [0.25, 0.3) is 11.0 Å². The number of rotatable bonds is 5. The SMILES string of the molecule is COc1ccc(C)cc1NC(=O)c1cc2c(CO)cnc(C)c2oc1=Nc1cccc(C)c1. The number of amides is 1. The standard InChI is InChI=1S/C26H25N3O4/c1-15-6-5-7-19(10-15)28-26-21(12-20-18(14-30)13-27-17(3)24(20)33-26)25(31)29-22-11-16(2)8-9-23(22)32-4/h5-13,30H,14H2,1-4H3,(H,29,31). The summed E-state index contributed by atoms with van der Waals surface area (Å²) in [6, 6.07) is 14.8. The largest absolute Gasteiger partial charge is 0.495 e. The maximum absolute atomic E-state index is 13.4. The zero-order valence-corrected chi connectivity index (χ0v) is 19.0. The van der Waals surface area contributed by atoms with E-state index in [9.17, 15) is 9.90 Å². The molecular weight excluding hydrogens is 418 g/mol. The van der Waals surface area contributed by atoms with E-state index in [-0.39, 0.29) is 17.7 Å². The number of anilines is 1. The van der Waals surface area contributed by atoms with Crippen molar-refractivity contribution in [1.82, 2.24) is 4.98 Å². The summed E-state index contributed by atoms with van der Waals surface area (Å²) < 4.78 is 11.5. The summed E-state index contributed by atoms with van der Waals surface area (Å²) in [7, 11) is 1.55. The van der Waals surface area contributed by atoms with E-state index in [0.29, 0.717) is 39.4 Å². The number of pyridine rings is 1. The van der Waals surface area contributed by atoms with Crippen molar-refractivity contribution in [2.45, 2.75) is 27.4 Å². The molecule has 4 rings (SSSR count). The molecule has 7 heteroatoms. The predicted molar refractivity (Wildman–Crippen MR) is 127 cm³/mol. The van der Waals surface area contributed by atoms with E-state index in [1.54, 1.807) is 32.4 Å². The average molecular weight is 444 g/mol. The molecule has 2 heterocycles. The van der Waals surface area contributed by atoms with E-state index in [1.165, 1.54) is 0 Å². The van der Waals surface area contributed by atoms with Crippen molar-refractivity contribution in [3.05, 3.63) is 88.2 Å². The highest BCUT2D eigenvalue weighted by molar-refractivity contribution is 6.06. The molecule has 2 N–H and O–H groups in total. The van der Waals surface area contributed by atoms with Crippen molar-refractivity contribution in [3.8, 4) is 5.75 Å². The van der Waals surface area contributed by atoms with Gasteiger partial charge in [-0.2, -0.15) is 0 Å². The zero-order valence-electron chi connectivity index (χ0n) is 19.0. The van der Waals surface area contributed by atoms with Crippen LogP contribution in [0.2, 0.25) is 0 Å². The van der Waals surface area contributed by atoms with Gasteiger partial charge < -0.3 is 19.6 Å². The molecule has 0 spiro atoms. The minimum atomic E-state index is -0.408. The number of aliphatic hydroxyl groups is 1. The fourth-order valence-corrected chi connectivity index (χ4v) is 3.58. The number of fused-ring (bicyclic) bond motifs is 1. The Labute approximate surface area is 191 Å². The minimum Gasteiger partial charge on any atom is -0.495 e. The van der Waals surface area contributed by atoms with Gasteiger partial charge >= 0.3 is 0 Å². The molecule has 2 aromatic heterocycles. The van der Waals surface area contributed by atoms with Crippen LogP contribution >= 0.6 is 0 Å². The number of methoxy groups -OCH3 is 1. The van der Waals surface area contributed by atoms with E-state index in [4.69, 9.17) is 9.15 Å². The Bertz CT molecular complexity index is 1420. The number of aromatic nitrogens is 1. The normalized spacial score (nSPS) is 11.6. The molecule has 0 aliphatic carbocycles. The van der Waals surface area contributed by atoms with Gasteiger partial charge in [0.1, 0.15) is 11.3 Å². The summed E-state index contributed by atoms with van der Waals surface area (Å²) in [5, 5.41) is 13.3. The molecule has 0 unspecified atom stereocenters. The molecule has 0 atom stereocenters. The average Bonchev–Trinajstić information content (AvgIpc) is 2.79. The van der Waals surface area contributed by atoms with Gasteiger partial charge in [-0.25, -0.2) is 4.99 Å². The molecule has 0 bridgehead atoms. The monoisotopic (exact) mass is 443 g/mol. The van der Waals surface area contributed by atoms with Gasteiger partial charge in [0.05, 0.1) is 30.8 Å². The number of nitrogens with one attached hydrogen (secondary N) is 1. The number of aryl methyl sites for hydroxylation is 3. The van der Waals surface area contributed by atoms with Crippen LogP contribution in [-0.4, -0.2) is 23.1 Å². The number of nitrogens with zero attached hydrogens (tertiary/aromatic N) is 2. The first-order valence-electron chi connectivity index (χ1n) is 10.5. The second-order valence-corrected chi connectivity index (χ2v) is 7.84. The highest BCUT2D eigenvalue weighted by Crippen LogP contribution is 2.27. The minimum absolute atomic E-state index is 0.150. The van der Waals surface area contributed by atoms with Gasteiger partial charge in [-0.05, 0) is 62.2 Å². The molecule has 0 radical (unpaired) electrons. The number of hydrogen-bond donors (Lipinski definition) is 2. The Balaban J connectivity index is 1.93. The summed E-state index contributed by atoms with van der Waals surface area (Å²) in [5.41, 5.74) is 5.25. The first kappa shape index (κ1) is 22.2. The van der Waals surface area contributed by atoms with Crippen molar-refractivity contribution in [3.63, 3.8) is 0 Å². The number of benzene rings is 2. The van der Waals surface area contributed by atoms with Crippen molar-refractivity contribution in [2.24, 2.45) is 4.99 Å². The molecule has 0 aliphatic rings. The molecule has 0 aliphatic heterocycles. The number of hydrogen-bond acceptors (Lipinski definition) is 6. The summed E-state index contributed by atoms with van der Waals surface area (Å²) in [5.74, 6) is 0.134. The number of aliphatic hydroxyl groups excluding tert-OH is 1. The van der Waals surface area contributed by atoms with Gasteiger partial charge in [0.2, 0.25) is 5.55 Å².